The first-order valence-electron chi connectivity index (χ1n) is 8.74. The van der Waals surface area contributed by atoms with Crippen LogP contribution in [0.25, 0.3) is 0 Å². The lowest BCUT2D eigenvalue weighted by Gasteiger charge is -2.38. The number of nitro benzene ring substituents is 1. The fourth-order valence-corrected chi connectivity index (χ4v) is 3.36. The van der Waals surface area contributed by atoms with E-state index in [0.29, 0.717) is 0 Å². The molecule has 7 nitrogen and oxygen atoms in total. The van der Waals surface area contributed by atoms with Gasteiger partial charge in [-0.25, -0.2) is 0 Å². The van der Waals surface area contributed by atoms with Gasteiger partial charge in [0.05, 0.1) is 11.0 Å². The van der Waals surface area contributed by atoms with Gasteiger partial charge in [-0.2, -0.15) is 0 Å². The van der Waals surface area contributed by atoms with Crippen LogP contribution in [0.4, 0.5) is 17.1 Å². The summed E-state index contributed by atoms with van der Waals surface area (Å²) in [6, 6.07) is 13.9. The van der Waals surface area contributed by atoms with Crippen molar-refractivity contribution in [1.82, 2.24) is 4.90 Å². The maximum Gasteiger partial charge on any atom is 0.269 e. The van der Waals surface area contributed by atoms with E-state index < -0.39 is 4.92 Å². The van der Waals surface area contributed by atoms with Gasteiger partial charge in [0, 0.05) is 54.2 Å². The molecule has 1 aliphatic heterocycles. The van der Waals surface area contributed by atoms with Gasteiger partial charge in [0.15, 0.2) is 0 Å². The van der Waals surface area contributed by atoms with Crippen LogP contribution in [0.5, 0.6) is 0 Å². The molecular formula is C19H21BrN4O3. The fourth-order valence-electron chi connectivity index (χ4n) is 3.10. The van der Waals surface area contributed by atoms with Crippen molar-refractivity contribution in [3.05, 3.63) is 63.1 Å². The fraction of sp³-hybridized carbons (Fsp3) is 0.316. The third kappa shape index (κ3) is 4.84. The van der Waals surface area contributed by atoms with E-state index in [1.54, 1.807) is 12.1 Å². The summed E-state index contributed by atoms with van der Waals surface area (Å²) in [5.41, 5.74) is 1.84. The highest BCUT2D eigenvalue weighted by atomic mass is 79.9. The topological polar surface area (TPSA) is 78.7 Å². The van der Waals surface area contributed by atoms with Gasteiger partial charge in [0.25, 0.3) is 5.69 Å². The Kier molecular flexibility index (Phi) is 6.08. The molecule has 142 valence electrons. The number of anilines is 2. The zero-order chi connectivity index (χ0) is 19.4. The van der Waals surface area contributed by atoms with Crippen LogP contribution in [0.3, 0.4) is 0 Å². The van der Waals surface area contributed by atoms with Crippen LogP contribution in [0.2, 0.25) is 0 Å². The third-order valence-corrected chi connectivity index (χ3v) is 5.31. The molecule has 8 heteroatoms. The van der Waals surface area contributed by atoms with E-state index in [2.05, 4.69) is 31.0 Å². The molecule has 1 heterocycles. The van der Waals surface area contributed by atoms with Crippen molar-refractivity contribution >= 4 is 38.9 Å². The molecule has 2 aromatic rings. The monoisotopic (exact) mass is 432 g/mol. The number of hydrogen-bond acceptors (Lipinski definition) is 5. The summed E-state index contributed by atoms with van der Waals surface area (Å²) in [6.45, 7) is 4.97. The number of nitro groups is 1. The molecule has 0 aliphatic carbocycles. The lowest BCUT2D eigenvalue weighted by Crippen LogP contribution is -2.52. The molecule has 0 spiro atoms. The molecule has 0 saturated carbocycles. The van der Waals surface area contributed by atoms with Crippen LogP contribution in [0.1, 0.15) is 6.92 Å². The molecule has 1 amide bonds. The number of hydrogen-bond donors (Lipinski definition) is 1. The molecule has 3 rings (SSSR count). The van der Waals surface area contributed by atoms with E-state index >= 15 is 0 Å². The summed E-state index contributed by atoms with van der Waals surface area (Å²) < 4.78 is 0.968. The van der Waals surface area contributed by atoms with Crippen molar-refractivity contribution in [3.63, 3.8) is 0 Å². The second-order valence-electron chi connectivity index (χ2n) is 6.47. The minimum atomic E-state index is -0.395. The maximum atomic E-state index is 12.5. The predicted octanol–water partition coefficient (Wildman–Crippen LogP) is 3.51. The lowest BCUT2D eigenvalue weighted by molar-refractivity contribution is -0.384. The standard InChI is InChI=1S/C19H21BrN4O3/c1-14(19(25)21-16-4-2-15(20)3-5-16)22-10-12-23(13-11-22)17-6-8-18(9-7-17)24(26)27/h2-9,14H,10-13H2,1H3,(H,21,25)/t14-/m1/s1. The van der Waals surface area contributed by atoms with Crippen molar-refractivity contribution in [2.45, 2.75) is 13.0 Å². The molecular weight excluding hydrogens is 412 g/mol. The van der Waals surface area contributed by atoms with Gasteiger partial charge < -0.3 is 10.2 Å². The van der Waals surface area contributed by atoms with E-state index in [-0.39, 0.29) is 17.6 Å². The van der Waals surface area contributed by atoms with E-state index in [1.807, 2.05) is 31.2 Å². The zero-order valence-corrected chi connectivity index (χ0v) is 16.6. The van der Waals surface area contributed by atoms with Crippen LogP contribution >= 0.6 is 15.9 Å². The molecule has 0 radical (unpaired) electrons. The van der Waals surface area contributed by atoms with Crippen LogP contribution in [0, 0.1) is 10.1 Å². The molecule has 0 unspecified atom stereocenters. The Morgan fingerprint density at radius 3 is 2.22 bits per heavy atom. The number of nitrogens with one attached hydrogen (secondary N) is 1. The molecule has 0 bridgehead atoms. The quantitative estimate of drug-likeness (QED) is 0.577. The van der Waals surface area contributed by atoms with Crippen LogP contribution in [-0.2, 0) is 4.79 Å². The summed E-state index contributed by atoms with van der Waals surface area (Å²) in [5, 5.41) is 13.7. The summed E-state index contributed by atoms with van der Waals surface area (Å²) >= 11 is 3.38. The zero-order valence-electron chi connectivity index (χ0n) is 15.0. The number of amides is 1. The molecule has 1 saturated heterocycles. The summed E-state index contributed by atoms with van der Waals surface area (Å²) in [4.78, 5) is 27.2. The first-order chi connectivity index (χ1) is 12.9. The Morgan fingerprint density at radius 2 is 1.67 bits per heavy atom. The Balaban J connectivity index is 1.53. The van der Waals surface area contributed by atoms with Crippen molar-refractivity contribution in [1.29, 1.82) is 0 Å². The Labute approximate surface area is 166 Å². The Bertz CT molecular complexity index is 803. The number of nitrogens with zero attached hydrogens (tertiary/aromatic N) is 3. The average Bonchev–Trinajstić information content (AvgIpc) is 2.69. The van der Waals surface area contributed by atoms with E-state index in [4.69, 9.17) is 0 Å². The molecule has 1 atom stereocenters. The molecule has 0 aromatic heterocycles. The number of rotatable bonds is 5. The van der Waals surface area contributed by atoms with Gasteiger partial charge >= 0.3 is 0 Å². The number of carbonyl (C=O) groups is 1. The van der Waals surface area contributed by atoms with E-state index in [1.165, 1.54) is 12.1 Å². The number of non-ortho nitro benzene ring substituents is 1. The van der Waals surface area contributed by atoms with Crippen LogP contribution in [0.15, 0.2) is 53.0 Å². The van der Waals surface area contributed by atoms with Crippen molar-refractivity contribution in [2.24, 2.45) is 0 Å². The number of piperazine rings is 1. The number of halogens is 1. The average molecular weight is 433 g/mol. The normalized spacial score (nSPS) is 16.0. The molecule has 27 heavy (non-hydrogen) atoms. The van der Waals surface area contributed by atoms with Crippen molar-refractivity contribution in [3.8, 4) is 0 Å². The number of carbonyl (C=O) groups excluding carboxylic acids is 1. The lowest BCUT2D eigenvalue weighted by atomic mass is 10.2. The summed E-state index contributed by atoms with van der Waals surface area (Å²) in [6.07, 6.45) is 0. The van der Waals surface area contributed by atoms with Gasteiger partial charge in [-0.05, 0) is 43.3 Å². The highest BCUT2D eigenvalue weighted by molar-refractivity contribution is 9.10. The first kappa shape index (κ1) is 19.3. The minimum absolute atomic E-state index is 0.0268. The second-order valence-corrected chi connectivity index (χ2v) is 7.38. The van der Waals surface area contributed by atoms with Gasteiger partial charge in [0.1, 0.15) is 0 Å². The molecule has 2 aromatic carbocycles. The predicted molar refractivity (Wildman–Crippen MR) is 109 cm³/mol. The smallest absolute Gasteiger partial charge is 0.269 e. The van der Waals surface area contributed by atoms with E-state index in [0.717, 1.165) is 42.0 Å². The number of benzene rings is 2. The minimum Gasteiger partial charge on any atom is -0.369 e. The molecule has 1 N–H and O–H groups in total. The maximum absolute atomic E-state index is 12.5. The van der Waals surface area contributed by atoms with E-state index in [9.17, 15) is 14.9 Å². The van der Waals surface area contributed by atoms with Crippen molar-refractivity contribution < 1.29 is 9.72 Å². The third-order valence-electron chi connectivity index (χ3n) is 4.78. The molecule has 1 fully saturated rings. The highest BCUT2D eigenvalue weighted by Crippen LogP contribution is 2.21. The van der Waals surface area contributed by atoms with Crippen LogP contribution in [-0.4, -0.2) is 48.0 Å². The molecule has 1 aliphatic rings. The van der Waals surface area contributed by atoms with Gasteiger partial charge in [-0.15, -0.1) is 0 Å². The van der Waals surface area contributed by atoms with Gasteiger partial charge in [-0.1, -0.05) is 15.9 Å². The first-order valence-corrected chi connectivity index (χ1v) is 9.53. The highest BCUT2D eigenvalue weighted by Gasteiger charge is 2.26. The van der Waals surface area contributed by atoms with Crippen molar-refractivity contribution in [2.75, 3.05) is 36.4 Å². The Hall–Kier alpha value is -2.45. The second kappa shape index (κ2) is 8.49. The van der Waals surface area contributed by atoms with Gasteiger partial charge in [-0.3, -0.25) is 19.8 Å². The summed E-state index contributed by atoms with van der Waals surface area (Å²) in [5.74, 6) is -0.0268. The Morgan fingerprint density at radius 1 is 1.07 bits per heavy atom. The summed E-state index contributed by atoms with van der Waals surface area (Å²) in [7, 11) is 0. The van der Waals surface area contributed by atoms with Crippen LogP contribution < -0.4 is 10.2 Å². The van der Waals surface area contributed by atoms with Gasteiger partial charge in [0.2, 0.25) is 5.91 Å². The largest absolute Gasteiger partial charge is 0.369 e. The SMILES string of the molecule is C[C@H](C(=O)Nc1ccc(Br)cc1)N1CCN(c2ccc([N+](=O)[O-])cc2)CC1.